The largest absolute Gasteiger partial charge is 0.497 e. The van der Waals surface area contributed by atoms with Gasteiger partial charge in [0.05, 0.1) is 29.1 Å². The molecule has 0 radical (unpaired) electrons. The minimum Gasteiger partial charge on any atom is -0.497 e. The Morgan fingerprint density at radius 1 is 0.930 bits per heavy atom. The van der Waals surface area contributed by atoms with E-state index in [0.29, 0.717) is 40.0 Å². The van der Waals surface area contributed by atoms with Crippen molar-refractivity contribution in [1.29, 1.82) is 0 Å². The number of rotatable bonds is 15. The van der Waals surface area contributed by atoms with Gasteiger partial charge in [0.15, 0.2) is 0 Å². The summed E-state index contributed by atoms with van der Waals surface area (Å²) in [6.45, 7) is 4.65. The number of sulfonamides is 1. The Morgan fingerprint density at radius 2 is 1.65 bits per heavy atom. The van der Waals surface area contributed by atoms with E-state index < -0.39 is 16.1 Å². The van der Waals surface area contributed by atoms with E-state index in [2.05, 4.69) is 5.32 Å². The highest BCUT2D eigenvalue weighted by molar-refractivity contribution is 7.92. The van der Waals surface area contributed by atoms with Crippen molar-refractivity contribution in [1.82, 2.24) is 10.2 Å². The smallest absolute Gasteiger partial charge is 0.243 e. The number of carbonyl (C=O) groups excluding carboxylic acids is 2. The second-order valence-electron chi connectivity index (χ2n) is 10.8. The van der Waals surface area contributed by atoms with Crippen LogP contribution >= 0.6 is 23.2 Å². The van der Waals surface area contributed by atoms with E-state index in [9.17, 15) is 18.0 Å². The minimum atomic E-state index is -3.64. The number of nitrogens with zero attached hydrogens (tertiary/aromatic N) is 2. The molecule has 11 heteroatoms. The molecule has 0 aromatic heterocycles. The summed E-state index contributed by atoms with van der Waals surface area (Å²) < 4.78 is 31.9. The molecular formula is C32H39Cl2N3O5S. The zero-order valence-electron chi connectivity index (χ0n) is 24.9. The first-order valence-corrected chi connectivity index (χ1v) is 16.7. The first-order valence-electron chi connectivity index (χ1n) is 14.1. The van der Waals surface area contributed by atoms with Gasteiger partial charge in [-0.2, -0.15) is 0 Å². The Hall–Kier alpha value is -3.27. The molecule has 0 aliphatic carbocycles. The Balaban J connectivity index is 1.90. The third-order valence-electron chi connectivity index (χ3n) is 6.79. The maximum Gasteiger partial charge on any atom is 0.243 e. The number of anilines is 1. The summed E-state index contributed by atoms with van der Waals surface area (Å²) >= 11 is 12.4. The van der Waals surface area contributed by atoms with Crippen LogP contribution < -0.4 is 14.4 Å². The SMILES string of the molecule is COc1cccc(N(CCCC(=O)N(Cc2ccc(Cl)c(Cl)c2)C(Cc2ccccc2)C(=O)NCC(C)C)S(C)(=O)=O)c1. The van der Waals surface area contributed by atoms with Crippen LogP contribution in [0.4, 0.5) is 5.69 Å². The molecule has 0 spiro atoms. The van der Waals surface area contributed by atoms with Crippen LogP contribution in [0.5, 0.6) is 5.75 Å². The predicted octanol–water partition coefficient (Wildman–Crippen LogP) is 5.96. The Morgan fingerprint density at radius 3 is 2.28 bits per heavy atom. The molecule has 232 valence electrons. The average molecular weight is 649 g/mol. The van der Waals surface area contributed by atoms with E-state index in [0.717, 1.165) is 11.8 Å². The number of nitrogens with one attached hydrogen (secondary N) is 1. The number of hydrogen-bond acceptors (Lipinski definition) is 5. The molecule has 0 fully saturated rings. The highest BCUT2D eigenvalue weighted by Gasteiger charge is 2.31. The zero-order valence-corrected chi connectivity index (χ0v) is 27.3. The van der Waals surface area contributed by atoms with Crippen molar-refractivity contribution < 1.29 is 22.7 Å². The summed E-state index contributed by atoms with van der Waals surface area (Å²) in [7, 11) is -2.13. The zero-order chi connectivity index (χ0) is 31.6. The summed E-state index contributed by atoms with van der Waals surface area (Å²) in [5.41, 5.74) is 2.06. The Labute approximate surface area is 265 Å². The fourth-order valence-electron chi connectivity index (χ4n) is 4.58. The summed E-state index contributed by atoms with van der Waals surface area (Å²) in [5.74, 6) is 0.191. The molecule has 1 unspecified atom stereocenters. The number of amides is 2. The van der Waals surface area contributed by atoms with Gasteiger partial charge >= 0.3 is 0 Å². The standard InChI is InChI=1S/C32H39Cl2N3O5S/c1-23(2)21-35-32(39)30(19-24-10-6-5-7-11-24)36(22-25-15-16-28(33)29(34)18-25)31(38)14-9-17-37(43(4,40)41)26-12-8-13-27(20-26)42-3/h5-8,10-13,15-16,18,20,23,30H,9,14,17,19,21-22H2,1-4H3,(H,35,39). The monoisotopic (exact) mass is 647 g/mol. The number of ether oxygens (including phenoxy) is 1. The van der Waals surface area contributed by atoms with Crippen LogP contribution in [0, 0.1) is 5.92 Å². The van der Waals surface area contributed by atoms with Gasteiger partial charge in [0, 0.05) is 38.5 Å². The van der Waals surface area contributed by atoms with E-state index in [1.54, 1.807) is 47.4 Å². The molecule has 0 bridgehead atoms. The van der Waals surface area contributed by atoms with Crippen molar-refractivity contribution in [3.05, 3.63) is 94.0 Å². The number of halogens is 2. The molecule has 2 amide bonds. The molecule has 43 heavy (non-hydrogen) atoms. The topological polar surface area (TPSA) is 96.0 Å². The second-order valence-corrected chi connectivity index (χ2v) is 13.5. The molecule has 1 atom stereocenters. The van der Waals surface area contributed by atoms with Crippen molar-refractivity contribution in [3.63, 3.8) is 0 Å². The summed E-state index contributed by atoms with van der Waals surface area (Å²) in [4.78, 5) is 29.1. The molecule has 3 aromatic carbocycles. The molecule has 0 aliphatic rings. The van der Waals surface area contributed by atoms with Gasteiger partial charge in [0.1, 0.15) is 11.8 Å². The molecule has 3 aromatic rings. The number of hydrogen-bond donors (Lipinski definition) is 1. The molecule has 0 saturated heterocycles. The first kappa shape index (κ1) is 34.2. The van der Waals surface area contributed by atoms with Crippen molar-refractivity contribution in [3.8, 4) is 5.75 Å². The van der Waals surface area contributed by atoms with E-state index in [4.69, 9.17) is 27.9 Å². The van der Waals surface area contributed by atoms with Crippen LogP contribution in [0.15, 0.2) is 72.8 Å². The van der Waals surface area contributed by atoms with Crippen LogP contribution in [-0.4, -0.2) is 57.6 Å². The van der Waals surface area contributed by atoms with Crippen molar-refractivity contribution in [2.75, 3.05) is 30.8 Å². The van der Waals surface area contributed by atoms with E-state index in [-0.39, 0.29) is 43.7 Å². The van der Waals surface area contributed by atoms with Gasteiger partial charge in [0.2, 0.25) is 21.8 Å². The predicted molar refractivity (Wildman–Crippen MR) is 173 cm³/mol. The van der Waals surface area contributed by atoms with Crippen LogP contribution in [0.1, 0.15) is 37.8 Å². The molecule has 3 rings (SSSR count). The molecule has 0 saturated carbocycles. The lowest BCUT2D eigenvalue weighted by atomic mass is 10.0. The van der Waals surface area contributed by atoms with Gasteiger partial charge in [0.25, 0.3) is 0 Å². The lowest BCUT2D eigenvalue weighted by Crippen LogP contribution is -2.51. The van der Waals surface area contributed by atoms with Gasteiger partial charge in [-0.25, -0.2) is 8.42 Å². The quantitative estimate of drug-likeness (QED) is 0.220. The highest BCUT2D eigenvalue weighted by Crippen LogP contribution is 2.26. The van der Waals surface area contributed by atoms with Crippen molar-refractivity contribution in [2.45, 2.75) is 45.7 Å². The maximum absolute atomic E-state index is 13.9. The Kier molecular flexibility index (Phi) is 12.7. The lowest BCUT2D eigenvalue weighted by Gasteiger charge is -2.32. The average Bonchev–Trinajstić information content (AvgIpc) is 2.97. The van der Waals surface area contributed by atoms with E-state index >= 15 is 0 Å². The van der Waals surface area contributed by atoms with Crippen LogP contribution in [0.3, 0.4) is 0 Å². The van der Waals surface area contributed by atoms with Crippen LogP contribution in [0.25, 0.3) is 0 Å². The second kappa shape index (κ2) is 16.0. The fraction of sp³-hybridized carbons (Fsp3) is 0.375. The lowest BCUT2D eigenvalue weighted by molar-refractivity contribution is -0.141. The van der Waals surface area contributed by atoms with Gasteiger partial charge < -0.3 is 15.0 Å². The molecule has 0 heterocycles. The molecule has 1 N–H and O–H groups in total. The normalized spacial score (nSPS) is 12.1. The first-order chi connectivity index (χ1) is 20.4. The van der Waals surface area contributed by atoms with E-state index in [1.807, 2.05) is 44.2 Å². The van der Waals surface area contributed by atoms with E-state index in [1.165, 1.54) is 11.4 Å². The molecular weight excluding hydrogens is 609 g/mol. The summed E-state index contributed by atoms with van der Waals surface area (Å²) in [6.07, 6.45) is 1.67. The van der Waals surface area contributed by atoms with Crippen molar-refractivity contribution in [2.24, 2.45) is 5.92 Å². The third kappa shape index (κ3) is 10.4. The Bertz CT molecular complexity index is 1490. The van der Waals surface area contributed by atoms with Crippen LogP contribution in [0.2, 0.25) is 10.0 Å². The fourth-order valence-corrected chi connectivity index (χ4v) is 5.86. The van der Waals surface area contributed by atoms with Gasteiger partial charge in [-0.05, 0) is 47.7 Å². The van der Waals surface area contributed by atoms with Gasteiger partial charge in [-0.3, -0.25) is 13.9 Å². The maximum atomic E-state index is 13.9. The summed E-state index contributed by atoms with van der Waals surface area (Å²) in [6, 6.07) is 20.6. The number of methoxy groups -OCH3 is 1. The van der Waals surface area contributed by atoms with Gasteiger partial charge in [-0.1, -0.05) is 79.5 Å². The molecule has 0 aliphatic heterocycles. The number of carbonyl (C=O) groups is 2. The van der Waals surface area contributed by atoms with Crippen molar-refractivity contribution >= 4 is 50.7 Å². The van der Waals surface area contributed by atoms with Crippen LogP contribution in [-0.2, 0) is 32.6 Å². The summed E-state index contributed by atoms with van der Waals surface area (Å²) in [5, 5.41) is 3.72. The third-order valence-corrected chi connectivity index (χ3v) is 8.72. The highest BCUT2D eigenvalue weighted by atomic mass is 35.5. The van der Waals surface area contributed by atoms with Gasteiger partial charge in [-0.15, -0.1) is 0 Å². The minimum absolute atomic E-state index is 0.0139. The number of benzene rings is 3. The molecule has 8 nitrogen and oxygen atoms in total.